The quantitative estimate of drug-likeness (QED) is 0.512. The predicted molar refractivity (Wildman–Crippen MR) is 105 cm³/mol. The van der Waals surface area contributed by atoms with Crippen molar-refractivity contribution in [3.63, 3.8) is 0 Å². The number of nitrogens with one attached hydrogen (secondary N) is 1. The van der Waals surface area contributed by atoms with E-state index in [1.165, 1.54) is 46.4 Å². The van der Waals surface area contributed by atoms with Gasteiger partial charge in [-0.25, -0.2) is 18.1 Å². The molecule has 0 aliphatic rings. The molecule has 0 saturated heterocycles. The molecule has 0 bridgehead atoms. The van der Waals surface area contributed by atoms with Gasteiger partial charge in [-0.3, -0.25) is 4.79 Å². The molecule has 4 aromatic rings. The van der Waals surface area contributed by atoms with Crippen LogP contribution in [-0.2, 0) is 0 Å². The highest BCUT2D eigenvalue weighted by Gasteiger charge is 2.24. The van der Waals surface area contributed by atoms with Gasteiger partial charge in [-0.15, -0.1) is 11.3 Å². The van der Waals surface area contributed by atoms with Crippen molar-refractivity contribution in [1.29, 1.82) is 0 Å². The summed E-state index contributed by atoms with van der Waals surface area (Å²) in [5.74, 6) is -3.11. The van der Waals surface area contributed by atoms with Gasteiger partial charge in [0.25, 0.3) is 5.91 Å². The van der Waals surface area contributed by atoms with Crippen LogP contribution in [-0.4, -0.2) is 26.6 Å². The number of aryl methyl sites for hydroxylation is 1. The van der Waals surface area contributed by atoms with Crippen LogP contribution in [0.2, 0.25) is 0 Å². The van der Waals surface area contributed by atoms with Crippen LogP contribution in [0.15, 0.2) is 48.0 Å². The van der Waals surface area contributed by atoms with Crippen molar-refractivity contribution in [2.24, 2.45) is 0 Å². The van der Waals surface area contributed by atoms with Gasteiger partial charge in [0.05, 0.1) is 10.6 Å². The molecule has 6 nitrogen and oxygen atoms in total. The van der Waals surface area contributed by atoms with Gasteiger partial charge < -0.3 is 10.4 Å². The first-order chi connectivity index (χ1) is 13.8. The summed E-state index contributed by atoms with van der Waals surface area (Å²) < 4.78 is 29.4. The van der Waals surface area contributed by atoms with Crippen LogP contribution in [0, 0.1) is 18.6 Å². The third-order valence-electron chi connectivity index (χ3n) is 4.31. The fraction of sp³-hybridized carbons (Fsp3) is 0.0500. The van der Waals surface area contributed by atoms with Crippen molar-refractivity contribution in [2.45, 2.75) is 6.92 Å². The number of aromatic nitrogens is 2. The summed E-state index contributed by atoms with van der Waals surface area (Å²) in [5, 5.41) is 17.5. The lowest BCUT2D eigenvalue weighted by Crippen LogP contribution is -2.14. The lowest BCUT2D eigenvalue weighted by atomic mass is 10.1. The molecular weight excluding hydrogens is 400 g/mol. The minimum atomic E-state index is -1.31. The number of halogens is 2. The van der Waals surface area contributed by atoms with Gasteiger partial charge in [0, 0.05) is 17.1 Å². The molecule has 146 valence electrons. The zero-order valence-corrected chi connectivity index (χ0v) is 15.8. The topological polar surface area (TPSA) is 83.7 Å². The summed E-state index contributed by atoms with van der Waals surface area (Å²) in [4.78, 5) is 24.6. The number of carboxylic acid groups (broad SMARTS) is 1. The maximum Gasteiger partial charge on any atom is 0.339 e. The number of carbonyl (C=O) groups excluding carboxylic acids is 1. The van der Waals surface area contributed by atoms with Crippen molar-refractivity contribution in [3.05, 3.63) is 76.4 Å². The second-order valence-corrected chi connectivity index (χ2v) is 7.19. The first-order valence-corrected chi connectivity index (χ1v) is 9.29. The fourth-order valence-electron chi connectivity index (χ4n) is 2.94. The van der Waals surface area contributed by atoms with E-state index >= 15 is 0 Å². The normalized spacial score (nSPS) is 11.0. The maximum atomic E-state index is 14.4. The first-order valence-electron chi connectivity index (χ1n) is 8.41. The molecule has 0 spiro atoms. The predicted octanol–water partition coefficient (Wildman–Crippen LogP) is 4.60. The van der Waals surface area contributed by atoms with Gasteiger partial charge in [-0.05, 0) is 36.8 Å². The summed E-state index contributed by atoms with van der Waals surface area (Å²) in [7, 11) is 0. The highest BCUT2D eigenvalue weighted by atomic mass is 32.1. The molecule has 1 aromatic carbocycles. The number of thiophene rings is 1. The number of hydrogen-bond acceptors (Lipinski definition) is 4. The van der Waals surface area contributed by atoms with Crippen molar-refractivity contribution in [3.8, 4) is 10.4 Å². The molecule has 4 rings (SSSR count). The monoisotopic (exact) mass is 413 g/mol. The van der Waals surface area contributed by atoms with E-state index in [0.29, 0.717) is 5.56 Å². The van der Waals surface area contributed by atoms with Gasteiger partial charge in [-0.2, -0.15) is 5.10 Å². The minimum absolute atomic E-state index is 0.0139. The van der Waals surface area contributed by atoms with E-state index < -0.39 is 23.5 Å². The molecule has 9 heteroatoms. The largest absolute Gasteiger partial charge is 0.478 e. The number of amides is 1. The number of nitrogens with zero attached hydrogens (tertiary/aromatic N) is 2. The minimum Gasteiger partial charge on any atom is -0.478 e. The zero-order valence-electron chi connectivity index (χ0n) is 14.9. The van der Waals surface area contributed by atoms with E-state index in [0.717, 1.165) is 11.3 Å². The van der Waals surface area contributed by atoms with E-state index in [9.17, 15) is 23.5 Å². The molecule has 0 saturated carbocycles. The molecular formula is C20H13F2N3O3S. The Morgan fingerprint density at radius 2 is 1.97 bits per heavy atom. The Hall–Kier alpha value is -3.59. The Kier molecular flexibility index (Phi) is 4.59. The number of hydrogen-bond donors (Lipinski definition) is 2. The third-order valence-corrected chi connectivity index (χ3v) is 5.32. The van der Waals surface area contributed by atoms with E-state index in [-0.39, 0.29) is 32.9 Å². The number of fused-ring (bicyclic) bond motifs is 1. The van der Waals surface area contributed by atoms with Crippen molar-refractivity contribution < 1.29 is 23.5 Å². The highest BCUT2D eigenvalue weighted by Crippen LogP contribution is 2.37. The Balaban J connectivity index is 1.71. The van der Waals surface area contributed by atoms with E-state index in [4.69, 9.17) is 0 Å². The Morgan fingerprint density at radius 1 is 1.17 bits per heavy atom. The van der Waals surface area contributed by atoms with Gasteiger partial charge in [0.15, 0.2) is 5.69 Å². The molecule has 29 heavy (non-hydrogen) atoms. The molecule has 2 N–H and O–H groups in total. The van der Waals surface area contributed by atoms with Crippen molar-refractivity contribution >= 4 is 34.4 Å². The molecule has 3 heterocycles. The number of carboxylic acids is 1. The summed E-state index contributed by atoms with van der Waals surface area (Å²) in [6.45, 7) is 1.72. The Labute approximate surface area is 167 Å². The number of benzene rings is 1. The molecule has 1 amide bonds. The Bertz CT molecular complexity index is 1280. The second-order valence-electron chi connectivity index (χ2n) is 6.31. The van der Waals surface area contributed by atoms with Crippen molar-refractivity contribution in [1.82, 2.24) is 9.61 Å². The standard InChI is InChI=1S/C20H13F2N3O3S/c1-10-4-5-11(13(22)7-10)18-17(20(27)28)15(9-29-18)23-19(26)14-8-16-12(21)3-2-6-25(16)24-14/h2-9H,1H3,(H,23,26)(H,27,28). The van der Waals surface area contributed by atoms with Crippen LogP contribution >= 0.6 is 11.3 Å². The van der Waals surface area contributed by atoms with E-state index in [1.807, 2.05) is 0 Å². The molecule has 0 unspecified atom stereocenters. The lowest BCUT2D eigenvalue weighted by molar-refractivity contribution is 0.0699. The average Bonchev–Trinajstić information content (AvgIpc) is 3.27. The SMILES string of the molecule is Cc1ccc(-c2scc(NC(=O)c3cc4c(F)cccn4n3)c2C(=O)O)c(F)c1. The summed E-state index contributed by atoms with van der Waals surface area (Å²) in [6, 6.07) is 8.43. The average molecular weight is 413 g/mol. The van der Waals surface area contributed by atoms with Crippen LogP contribution < -0.4 is 5.32 Å². The number of carbonyl (C=O) groups is 2. The van der Waals surface area contributed by atoms with Crippen LogP contribution in [0.1, 0.15) is 26.4 Å². The smallest absolute Gasteiger partial charge is 0.339 e. The van der Waals surface area contributed by atoms with Crippen LogP contribution in [0.5, 0.6) is 0 Å². The van der Waals surface area contributed by atoms with Gasteiger partial charge in [0.1, 0.15) is 22.7 Å². The summed E-state index contributed by atoms with van der Waals surface area (Å²) in [5.41, 5.74) is 0.659. The first kappa shape index (κ1) is 18.8. The Morgan fingerprint density at radius 3 is 2.66 bits per heavy atom. The van der Waals surface area contributed by atoms with Gasteiger partial charge in [-0.1, -0.05) is 12.1 Å². The van der Waals surface area contributed by atoms with E-state index in [2.05, 4.69) is 10.4 Å². The number of rotatable bonds is 4. The lowest BCUT2D eigenvalue weighted by Gasteiger charge is -2.06. The van der Waals surface area contributed by atoms with Crippen LogP contribution in [0.3, 0.4) is 0 Å². The maximum absolute atomic E-state index is 14.4. The second kappa shape index (κ2) is 7.10. The van der Waals surface area contributed by atoms with Gasteiger partial charge in [0.2, 0.25) is 0 Å². The van der Waals surface area contributed by atoms with E-state index in [1.54, 1.807) is 13.0 Å². The number of anilines is 1. The van der Waals surface area contributed by atoms with Crippen LogP contribution in [0.4, 0.5) is 14.5 Å². The third kappa shape index (κ3) is 3.36. The van der Waals surface area contributed by atoms with Crippen molar-refractivity contribution in [2.75, 3.05) is 5.32 Å². The molecule has 0 radical (unpaired) electrons. The molecule has 0 fully saturated rings. The zero-order chi connectivity index (χ0) is 20.7. The summed E-state index contributed by atoms with van der Waals surface area (Å²) >= 11 is 1.00. The summed E-state index contributed by atoms with van der Waals surface area (Å²) in [6.07, 6.45) is 1.49. The number of aromatic carboxylic acids is 1. The van der Waals surface area contributed by atoms with Gasteiger partial charge >= 0.3 is 5.97 Å². The molecule has 0 aliphatic heterocycles. The molecule has 0 atom stereocenters. The fourth-order valence-corrected chi connectivity index (χ4v) is 3.96. The molecule has 0 aliphatic carbocycles. The molecule has 3 aromatic heterocycles. The highest BCUT2D eigenvalue weighted by molar-refractivity contribution is 7.14. The number of pyridine rings is 1. The van der Waals surface area contributed by atoms with Crippen LogP contribution in [0.25, 0.3) is 16.0 Å².